The van der Waals surface area contributed by atoms with Crippen molar-refractivity contribution in [1.82, 2.24) is 10.1 Å². The van der Waals surface area contributed by atoms with E-state index in [-0.39, 0.29) is 18.0 Å². The van der Waals surface area contributed by atoms with Crippen molar-refractivity contribution in [3.63, 3.8) is 0 Å². The summed E-state index contributed by atoms with van der Waals surface area (Å²) in [5.41, 5.74) is 1.82. The maximum absolute atomic E-state index is 14.4. The summed E-state index contributed by atoms with van der Waals surface area (Å²) in [7, 11) is 1.61. The molecule has 0 aliphatic carbocycles. The molecule has 8 heteroatoms. The van der Waals surface area contributed by atoms with Crippen molar-refractivity contribution in [1.29, 1.82) is 0 Å². The maximum atomic E-state index is 14.4. The summed E-state index contributed by atoms with van der Waals surface area (Å²) in [6.45, 7) is 1.75. The molecule has 31 heavy (non-hydrogen) atoms. The van der Waals surface area contributed by atoms with Crippen molar-refractivity contribution in [2.75, 3.05) is 30.4 Å². The van der Waals surface area contributed by atoms with E-state index in [1.165, 1.54) is 6.07 Å². The monoisotopic (exact) mass is 424 g/mol. The number of nitrogens with one attached hydrogen (secondary N) is 1. The predicted octanol–water partition coefficient (Wildman–Crippen LogP) is 4.45. The number of anilines is 2. The molecule has 3 aromatic rings. The van der Waals surface area contributed by atoms with Crippen molar-refractivity contribution in [3.05, 3.63) is 54.2 Å². The Bertz CT molecular complexity index is 1030. The third-order valence-electron chi connectivity index (χ3n) is 5.31. The minimum atomic E-state index is -0.418. The first-order valence-electron chi connectivity index (χ1n) is 10.4. The Morgan fingerprint density at radius 2 is 1.97 bits per heavy atom. The number of rotatable bonds is 8. The van der Waals surface area contributed by atoms with Gasteiger partial charge in [0.15, 0.2) is 0 Å². The Hall–Kier alpha value is -3.42. The number of hydrogen-bond acceptors (Lipinski definition) is 6. The number of hydrogen-bond donors (Lipinski definition) is 1. The molecule has 0 bridgehead atoms. The molecule has 7 nitrogen and oxygen atoms in total. The summed E-state index contributed by atoms with van der Waals surface area (Å²) in [4.78, 5) is 18.9. The van der Waals surface area contributed by atoms with Gasteiger partial charge in [0.1, 0.15) is 17.3 Å². The quantitative estimate of drug-likeness (QED) is 0.576. The zero-order chi connectivity index (χ0) is 21.6. The predicted molar refractivity (Wildman–Crippen MR) is 116 cm³/mol. The summed E-state index contributed by atoms with van der Waals surface area (Å²) < 4.78 is 24.8. The Morgan fingerprint density at radius 1 is 1.19 bits per heavy atom. The van der Waals surface area contributed by atoms with Gasteiger partial charge in [-0.1, -0.05) is 11.2 Å². The van der Waals surface area contributed by atoms with Crippen LogP contribution in [0, 0.1) is 5.82 Å². The number of benzene rings is 2. The molecule has 1 fully saturated rings. The summed E-state index contributed by atoms with van der Waals surface area (Å²) in [5.74, 6) is 1.05. The molecule has 1 aliphatic heterocycles. The molecule has 1 aliphatic rings. The van der Waals surface area contributed by atoms with Gasteiger partial charge in [-0.25, -0.2) is 4.39 Å². The van der Waals surface area contributed by atoms with Crippen LogP contribution in [0.15, 0.2) is 47.0 Å². The zero-order valence-electron chi connectivity index (χ0n) is 17.4. The standard InChI is InChI=1S/C23H25FN4O3/c1-30-17-12-10-16(11-13-17)23-26-21(31-27-23)9-5-8-20(29)25-22-18(24)6-4-7-19(22)28-14-2-3-15-28/h4,6-7,10-13H,2-3,5,8-9,14-15H2,1H3,(H,25,29). The number of ether oxygens (including phenoxy) is 1. The van der Waals surface area contributed by atoms with Gasteiger partial charge >= 0.3 is 0 Å². The highest BCUT2D eigenvalue weighted by atomic mass is 19.1. The number of aryl methyl sites for hydroxylation is 1. The van der Waals surface area contributed by atoms with Crippen molar-refractivity contribution in [2.24, 2.45) is 0 Å². The second kappa shape index (κ2) is 9.59. The fourth-order valence-corrected chi connectivity index (χ4v) is 3.67. The fourth-order valence-electron chi connectivity index (χ4n) is 3.67. The number of carbonyl (C=O) groups is 1. The third-order valence-corrected chi connectivity index (χ3v) is 5.31. The SMILES string of the molecule is COc1ccc(-c2noc(CCCC(=O)Nc3c(F)cccc3N3CCCC3)n2)cc1. The summed E-state index contributed by atoms with van der Waals surface area (Å²) >= 11 is 0. The molecule has 0 atom stereocenters. The van der Waals surface area contributed by atoms with E-state index in [1.54, 1.807) is 13.2 Å². The Kier molecular flexibility index (Phi) is 6.45. The van der Waals surface area contributed by atoms with E-state index < -0.39 is 5.82 Å². The normalized spacial score (nSPS) is 13.4. The van der Waals surface area contributed by atoms with E-state index >= 15 is 0 Å². The topological polar surface area (TPSA) is 80.5 Å². The van der Waals surface area contributed by atoms with Crippen LogP contribution < -0.4 is 15.0 Å². The van der Waals surface area contributed by atoms with Crippen LogP contribution in [0.1, 0.15) is 31.6 Å². The molecule has 0 unspecified atom stereocenters. The number of methoxy groups -OCH3 is 1. The first kappa shape index (κ1) is 20.8. The highest BCUT2D eigenvalue weighted by molar-refractivity contribution is 5.94. The van der Waals surface area contributed by atoms with Gasteiger partial charge in [-0.2, -0.15) is 4.98 Å². The maximum Gasteiger partial charge on any atom is 0.226 e. The summed E-state index contributed by atoms with van der Waals surface area (Å²) in [6, 6.07) is 12.3. The van der Waals surface area contributed by atoms with Crippen LogP contribution in [0.4, 0.5) is 15.8 Å². The number of halogens is 1. The van der Waals surface area contributed by atoms with E-state index in [0.29, 0.717) is 24.6 Å². The number of nitrogens with zero attached hydrogens (tertiary/aromatic N) is 3. The van der Waals surface area contributed by atoms with Crippen LogP contribution in [0.5, 0.6) is 5.75 Å². The molecule has 2 aromatic carbocycles. The average Bonchev–Trinajstić information content (AvgIpc) is 3.48. The average molecular weight is 424 g/mol. The van der Waals surface area contributed by atoms with Crippen molar-refractivity contribution in [3.8, 4) is 17.1 Å². The van der Waals surface area contributed by atoms with E-state index in [9.17, 15) is 9.18 Å². The van der Waals surface area contributed by atoms with Gasteiger partial charge in [-0.3, -0.25) is 4.79 Å². The van der Waals surface area contributed by atoms with E-state index in [2.05, 4.69) is 20.4 Å². The Morgan fingerprint density at radius 3 is 2.71 bits per heavy atom. The Balaban J connectivity index is 1.32. The van der Waals surface area contributed by atoms with Crippen molar-refractivity contribution in [2.45, 2.75) is 32.1 Å². The molecule has 0 saturated carbocycles. The Labute approximate surface area is 180 Å². The van der Waals surface area contributed by atoms with Gasteiger partial charge in [0.2, 0.25) is 17.6 Å². The zero-order valence-corrected chi connectivity index (χ0v) is 17.4. The number of amides is 1. The summed E-state index contributed by atoms with van der Waals surface area (Å²) in [5, 5.41) is 6.74. The minimum absolute atomic E-state index is 0.230. The van der Waals surface area contributed by atoms with E-state index in [1.807, 2.05) is 30.3 Å². The van der Waals surface area contributed by atoms with Gasteiger partial charge in [0.05, 0.1) is 12.8 Å². The minimum Gasteiger partial charge on any atom is -0.497 e. The fraction of sp³-hybridized carbons (Fsp3) is 0.348. The second-order valence-electron chi connectivity index (χ2n) is 7.47. The molecular formula is C23H25FN4O3. The lowest BCUT2D eigenvalue weighted by molar-refractivity contribution is -0.116. The van der Waals surface area contributed by atoms with Crippen molar-refractivity contribution < 1.29 is 18.4 Å². The van der Waals surface area contributed by atoms with Gasteiger partial charge in [0.25, 0.3) is 0 Å². The molecule has 0 spiro atoms. The van der Waals surface area contributed by atoms with Crippen LogP contribution in [-0.4, -0.2) is 36.2 Å². The lowest BCUT2D eigenvalue weighted by atomic mass is 10.2. The van der Waals surface area contributed by atoms with E-state index in [0.717, 1.165) is 42.9 Å². The third kappa shape index (κ3) is 5.02. The van der Waals surface area contributed by atoms with Gasteiger partial charge in [-0.05, 0) is 55.7 Å². The number of aromatic nitrogens is 2. The van der Waals surface area contributed by atoms with Crippen LogP contribution in [-0.2, 0) is 11.2 Å². The van der Waals surface area contributed by atoms with Crippen LogP contribution in [0.25, 0.3) is 11.4 Å². The van der Waals surface area contributed by atoms with Crippen molar-refractivity contribution >= 4 is 17.3 Å². The lowest BCUT2D eigenvalue weighted by Crippen LogP contribution is -2.22. The van der Waals surface area contributed by atoms with Gasteiger partial charge in [0, 0.05) is 31.5 Å². The molecule has 4 rings (SSSR count). The van der Waals surface area contributed by atoms with Crippen LogP contribution in [0.3, 0.4) is 0 Å². The molecule has 162 valence electrons. The second-order valence-corrected chi connectivity index (χ2v) is 7.47. The molecule has 1 aromatic heterocycles. The highest BCUT2D eigenvalue weighted by Crippen LogP contribution is 2.31. The smallest absolute Gasteiger partial charge is 0.226 e. The number of carbonyl (C=O) groups excluding carboxylic acids is 1. The number of para-hydroxylation sites is 1. The lowest BCUT2D eigenvalue weighted by Gasteiger charge is -2.22. The van der Waals surface area contributed by atoms with Gasteiger partial charge < -0.3 is 19.5 Å². The first-order chi connectivity index (χ1) is 15.1. The molecule has 1 N–H and O–H groups in total. The summed E-state index contributed by atoms with van der Waals surface area (Å²) in [6.07, 6.45) is 3.36. The highest BCUT2D eigenvalue weighted by Gasteiger charge is 2.19. The molecule has 0 radical (unpaired) electrons. The van der Waals surface area contributed by atoms with Gasteiger partial charge in [-0.15, -0.1) is 0 Å². The largest absolute Gasteiger partial charge is 0.497 e. The van der Waals surface area contributed by atoms with E-state index in [4.69, 9.17) is 9.26 Å². The molecule has 1 amide bonds. The molecular weight excluding hydrogens is 399 g/mol. The van der Waals surface area contributed by atoms with Crippen LogP contribution >= 0.6 is 0 Å². The molecule has 1 saturated heterocycles. The first-order valence-corrected chi connectivity index (χ1v) is 10.4. The molecule has 2 heterocycles. The van der Waals surface area contributed by atoms with Crippen LogP contribution in [0.2, 0.25) is 0 Å².